The van der Waals surface area contributed by atoms with Crippen LogP contribution in [0, 0.1) is 0 Å². The van der Waals surface area contributed by atoms with E-state index in [1.807, 2.05) is 6.07 Å². The Hall–Kier alpha value is -0.840. The molecular formula is C12H15ClN2O2. The molecular weight excluding hydrogens is 240 g/mol. The van der Waals surface area contributed by atoms with E-state index in [1.54, 1.807) is 12.4 Å². The van der Waals surface area contributed by atoms with Crippen LogP contribution >= 0.6 is 11.6 Å². The van der Waals surface area contributed by atoms with Gasteiger partial charge in [0.25, 0.3) is 0 Å². The summed E-state index contributed by atoms with van der Waals surface area (Å²) < 4.78 is 11.5. The lowest BCUT2D eigenvalue weighted by Crippen LogP contribution is -2.49. The van der Waals surface area contributed by atoms with E-state index in [9.17, 15) is 0 Å². The van der Waals surface area contributed by atoms with Gasteiger partial charge in [-0.3, -0.25) is 4.98 Å². The summed E-state index contributed by atoms with van der Waals surface area (Å²) in [6, 6.07) is 1.94. The smallest absolute Gasteiger partial charge is 0.186 e. The van der Waals surface area contributed by atoms with E-state index in [0.717, 1.165) is 31.6 Å². The minimum Gasteiger partial charge on any atom is -0.365 e. The van der Waals surface area contributed by atoms with Crippen LogP contribution in [0.15, 0.2) is 18.5 Å². The van der Waals surface area contributed by atoms with Crippen LogP contribution in [0.4, 0.5) is 5.69 Å². The first-order valence-electron chi connectivity index (χ1n) is 5.91. The average Bonchev–Trinajstić information content (AvgIpc) is 2.78. The number of aromatic nitrogens is 1. The highest BCUT2D eigenvalue weighted by atomic mass is 35.5. The summed E-state index contributed by atoms with van der Waals surface area (Å²) in [5, 5.41) is 0.683. The van der Waals surface area contributed by atoms with Gasteiger partial charge in [-0.05, 0) is 12.5 Å². The SMILES string of the molecule is Clc1cnccc1N1CCCC2(C1)OCCO2. The van der Waals surface area contributed by atoms with Crippen molar-refractivity contribution in [3.63, 3.8) is 0 Å². The highest BCUT2D eigenvalue weighted by molar-refractivity contribution is 6.33. The number of halogens is 1. The van der Waals surface area contributed by atoms with E-state index in [4.69, 9.17) is 21.1 Å². The molecule has 0 radical (unpaired) electrons. The van der Waals surface area contributed by atoms with Crippen molar-refractivity contribution in [3.8, 4) is 0 Å². The van der Waals surface area contributed by atoms with Crippen molar-refractivity contribution in [3.05, 3.63) is 23.5 Å². The lowest BCUT2D eigenvalue weighted by molar-refractivity contribution is -0.161. The Balaban J connectivity index is 1.82. The van der Waals surface area contributed by atoms with Gasteiger partial charge in [0.05, 0.1) is 30.5 Å². The second kappa shape index (κ2) is 4.44. The molecule has 92 valence electrons. The van der Waals surface area contributed by atoms with Crippen molar-refractivity contribution in [2.24, 2.45) is 0 Å². The quantitative estimate of drug-likeness (QED) is 0.769. The van der Waals surface area contributed by atoms with Crippen LogP contribution < -0.4 is 4.90 Å². The summed E-state index contributed by atoms with van der Waals surface area (Å²) in [7, 11) is 0. The highest BCUT2D eigenvalue weighted by Crippen LogP contribution is 2.34. The average molecular weight is 255 g/mol. The van der Waals surface area contributed by atoms with Crippen LogP contribution in [0.25, 0.3) is 0 Å². The summed E-state index contributed by atoms with van der Waals surface area (Å²) in [5.41, 5.74) is 1.01. The van der Waals surface area contributed by atoms with E-state index in [1.165, 1.54) is 0 Å². The molecule has 1 spiro atoms. The van der Waals surface area contributed by atoms with E-state index < -0.39 is 5.79 Å². The predicted octanol–water partition coefficient (Wildman–Crippen LogP) is 2.08. The van der Waals surface area contributed by atoms with Crippen molar-refractivity contribution in [2.45, 2.75) is 18.6 Å². The summed E-state index contributed by atoms with van der Waals surface area (Å²) in [6.07, 6.45) is 5.46. The Kier molecular flexibility index (Phi) is 2.94. The summed E-state index contributed by atoms with van der Waals surface area (Å²) in [6.45, 7) is 3.12. The second-order valence-corrected chi connectivity index (χ2v) is 4.87. The topological polar surface area (TPSA) is 34.6 Å². The molecule has 2 fully saturated rings. The Labute approximate surface area is 105 Å². The van der Waals surface area contributed by atoms with Crippen LogP contribution in [-0.4, -0.2) is 37.1 Å². The number of ether oxygens (including phenoxy) is 2. The molecule has 5 heteroatoms. The Morgan fingerprint density at radius 2 is 2.18 bits per heavy atom. The molecule has 2 aliphatic heterocycles. The highest BCUT2D eigenvalue weighted by Gasteiger charge is 2.41. The first-order chi connectivity index (χ1) is 8.29. The Morgan fingerprint density at radius 3 is 2.94 bits per heavy atom. The number of hydrogen-bond donors (Lipinski definition) is 0. The van der Waals surface area contributed by atoms with Gasteiger partial charge in [0.2, 0.25) is 0 Å². The number of nitrogens with zero attached hydrogens (tertiary/aromatic N) is 2. The molecule has 0 saturated carbocycles. The van der Waals surface area contributed by atoms with Crippen LogP contribution in [0.1, 0.15) is 12.8 Å². The maximum atomic E-state index is 6.17. The third-order valence-electron chi connectivity index (χ3n) is 3.32. The molecule has 2 aliphatic rings. The molecule has 0 bridgehead atoms. The number of rotatable bonds is 1. The van der Waals surface area contributed by atoms with Crippen molar-refractivity contribution in [1.82, 2.24) is 4.98 Å². The third kappa shape index (κ3) is 2.12. The van der Waals surface area contributed by atoms with E-state index in [0.29, 0.717) is 18.2 Å². The molecule has 0 aliphatic carbocycles. The summed E-state index contributed by atoms with van der Waals surface area (Å²) in [4.78, 5) is 6.23. The van der Waals surface area contributed by atoms with Crippen LogP contribution in [0.2, 0.25) is 5.02 Å². The monoisotopic (exact) mass is 254 g/mol. The molecule has 3 heterocycles. The fraction of sp³-hybridized carbons (Fsp3) is 0.583. The number of piperidine rings is 1. The van der Waals surface area contributed by atoms with Crippen LogP contribution in [0.5, 0.6) is 0 Å². The minimum absolute atomic E-state index is 0.412. The molecule has 2 saturated heterocycles. The zero-order chi connectivity index (χ0) is 11.7. The standard InChI is InChI=1S/C12H15ClN2O2/c13-10-8-14-4-2-11(10)15-5-1-3-12(9-15)16-6-7-17-12/h2,4,8H,1,3,5-7,9H2. The normalized spacial score (nSPS) is 23.2. The fourth-order valence-corrected chi connectivity index (χ4v) is 2.79. The van der Waals surface area contributed by atoms with Crippen LogP contribution in [0.3, 0.4) is 0 Å². The largest absolute Gasteiger partial charge is 0.365 e. The van der Waals surface area contributed by atoms with Crippen LogP contribution in [-0.2, 0) is 9.47 Å². The van der Waals surface area contributed by atoms with Crippen molar-refractivity contribution < 1.29 is 9.47 Å². The maximum absolute atomic E-state index is 6.17. The number of hydrogen-bond acceptors (Lipinski definition) is 4. The molecule has 1 aromatic rings. The third-order valence-corrected chi connectivity index (χ3v) is 3.61. The predicted molar refractivity (Wildman–Crippen MR) is 65.3 cm³/mol. The maximum Gasteiger partial charge on any atom is 0.186 e. The Bertz CT molecular complexity index is 407. The van der Waals surface area contributed by atoms with Gasteiger partial charge in [-0.2, -0.15) is 0 Å². The zero-order valence-corrected chi connectivity index (χ0v) is 10.3. The molecule has 3 rings (SSSR count). The molecule has 0 aromatic carbocycles. The van der Waals surface area contributed by atoms with Gasteiger partial charge in [-0.1, -0.05) is 11.6 Å². The van der Waals surface area contributed by atoms with Crippen molar-refractivity contribution in [2.75, 3.05) is 31.2 Å². The van der Waals surface area contributed by atoms with Gasteiger partial charge < -0.3 is 14.4 Å². The van der Waals surface area contributed by atoms with Gasteiger partial charge in [0.15, 0.2) is 5.79 Å². The zero-order valence-electron chi connectivity index (χ0n) is 9.56. The van der Waals surface area contributed by atoms with Gasteiger partial charge in [0, 0.05) is 25.4 Å². The molecule has 4 nitrogen and oxygen atoms in total. The molecule has 0 atom stereocenters. The van der Waals surface area contributed by atoms with Gasteiger partial charge in [-0.25, -0.2) is 0 Å². The van der Waals surface area contributed by atoms with E-state index >= 15 is 0 Å². The first kappa shape index (κ1) is 11.3. The lowest BCUT2D eigenvalue weighted by atomic mass is 10.0. The van der Waals surface area contributed by atoms with Gasteiger partial charge >= 0.3 is 0 Å². The molecule has 0 amide bonds. The molecule has 0 N–H and O–H groups in total. The van der Waals surface area contributed by atoms with Gasteiger partial charge in [0.1, 0.15) is 0 Å². The molecule has 1 aromatic heterocycles. The number of pyridine rings is 1. The van der Waals surface area contributed by atoms with E-state index in [2.05, 4.69) is 9.88 Å². The van der Waals surface area contributed by atoms with Crippen molar-refractivity contribution in [1.29, 1.82) is 0 Å². The summed E-state index contributed by atoms with van der Waals surface area (Å²) >= 11 is 6.17. The molecule has 17 heavy (non-hydrogen) atoms. The minimum atomic E-state index is -0.412. The van der Waals surface area contributed by atoms with Crippen molar-refractivity contribution >= 4 is 17.3 Å². The number of anilines is 1. The van der Waals surface area contributed by atoms with Gasteiger partial charge in [-0.15, -0.1) is 0 Å². The van der Waals surface area contributed by atoms with E-state index in [-0.39, 0.29) is 0 Å². The second-order valence-electron chi connectivity index (χ2n) is 4.46. The molecule has 0 unspecified atom stereocenters. The Morgan fingerprint density at radius 1 is 1.35 bits per heavy atom. The summed E-state index contributed by atoms with van der Waals surface area (Å²) in [5.74, 6) is -0.412. The lowest BCUT2D eigenvalue weighted by Gasteiger charge is -2.40. The first-order valence-corrected chi connectivity index (χ1v) is 6.29. The fourth-order valence-electron chi connectivity index (χ4n) is 2.55.